The second-order valence-electron chi connectivity index (χ2n) is 3.77. The van der Waals surface area contributed by atoms with Gasteiger partial charge in [0.05, 0.1) is 28.6 Å². The highest BCUT2D eigenvalue weighted by molar-refractivity contribution is 9.10. The number of aromatic nitrogens is 3. The van der Waals surface area contributed by atoms with Crippen molar-refractivity contribution in [3.8, 4) is 11.3 Å². The van der Waals surface area contributed by atoms with Crippen molar-refractivity contribution in [2.24, 2.45) is 0 Å². The van der Waals surface area contributed by atoms with Gasteiger partial charge in [0, 0.05) is 15.8 Å². The maximum absolute atomic E-state index is 6.47. The van der Waals surface area contributed by atoms with Gasteiger partial charge >= 0.3 is 0 Å². The lowest BCUT2D eigenvalue weighted by Gasteiger charge is -2.07. The van der Waals surface area contributed by atoms with E-state index in [4.69, 9.17) is 11.6 Å². The molecule has 2 aromatic heterocycles. The average Bonchev–Trinajstić information content (AvgIpc) is 2.97. The Balaban J connectivity index is 1.94. The quantitative estimate of drug-likeness (QED) is 0.624. The Morgan fingerprint density at radius 2 is 2.05 bits per heavy atom. The molecule has 0 N–H and O–H groups in total. The number of benzene rings is 1. The summed E-state index contributed by atoms with van der Waals surface area (Å²) in [7, 11) is 0. The molecule has 20 heavy (non-hydrogen) atoms. The predicted octanol–water partition coefficient (Wildman–Crippen LogP) is 5.17. The summed E-state index contributed by atoms with van der Waals surface area (Å²) in [4.78, 5) is 13.7. The molecule has 0 aliphatic carbocycles. The van der Waals surface area contributed by atoms with Crippen LogP contribution in [0.2, 0.25) is 5.02 Å². The van der Waals surface area contributed by atoms with Crippen molar-refractivity contribution in [3.05, 3.63) is 51.1 Å². The summed E-state index contributed by atoms with van der Waals surface area (Å²) in [5.74, 6) is 0. The third-order valence-electron chi connectivity index (χ3n) is 2.48. The van der Waals surface area contributed by atoms with E-state index in [9.17, 15) is 0 Å². The van der Waals surface area contributed by atoms with Gasteiger partial charge in [-0.15, -0.1) is 11.3 Å². The molecule has 0 amide bonds. The van der Waals surface area contributed by atoms with Crippen LogP contribution < -0.4 is 0 Å². The van der Waals surface area contributed by atoms with Crippen LogP contribution in [-0.2, 0) is 0 Å². The molecule has 0 atom stereocenters. The van der Waals surface area contributed by atoms with Crippen molar-refractivity contribution >= 4 is 50.6 Å². The van der Waals surface area contributed by atoms with E-state index in [-0.39, 0.29) is 0 Å². The maximum Gasteiger partial charge on any atom is 0.124 e. The Morgan fingerprint density at radius 3 is 2.75 bits per heavy atom. The minimum atomic E-state index is 0.688. The van der Waals surface area contributed by atoms with E-state index in [1.165, 1.54) is 11.8 Å². The van der Waals surface area contributed by atoms with Gasteiger partial charge in [-0.1, -0.05) is 35.5 Å². The summed E-state index contributed by atoms with van der Waals surface area (Å²) in [6.45, 7) is 0. The van der Waals surface area contributed by atoms with Crippen LogP contribution in [0, 0.1) is 0 Å². The van der Waals surface area contributed by atoms with E-state index in [2.05, 4.69) is 30.9 Å². The zero-order valence-electron chi connectivity index (χ0n) is 9.96. The number of halogens is 2. The van der Waals surface area contributed by atoms with Gasteiger partial charge in [0.25, 0.3) is 0 Å². The van der Waals surface area contributed by atoms with Crippen LogP contribution in [-0.4, -0.2) is 15.0 Å². The van der Waals surface area contributed by atoms with Gasteiger partial charge in [-0.3, -0.25) is 0 Å². The van der Waals surface area contributed by atoms with E-state index < -0.39 is 0 Å². The van der Waals surface area contributed by atoms with Crippen LogP contribution in [0.1, 0.15) is 0 Å². The fraction of sp³-hybridized carbons (Fsp3) is 0. The maximum atomic E-state index is 6.47. The lowest BCUT2D eigenvalue weighted by molar-refractivity contribution is 1.03. The molecule has 2 heterocycles. The molecule has 1 aromatic carbocycles. The summed E-state index contributed by atoms with van der Waals surface area (Å²) in [5, 5.41) is 3.47. The molecule has 7 heteroatoms. The van der Waals surface area contributed by atoms with Crippen molar-refractivity contribution in [1.29, 1.82) is 0 Å². The van der Waals surface area contributed by atoms with Crippen LogP contribution in [0.25, 0.3) is 11.3 Å². The van der Waals surface area contributed by atoms with Crippen LogP contribution >= 0.6 is 50.6 Å². The lowest BCUT2D eigenvalue weighted by Crippen LogP contribution is -1.86. The van der Waals surface area contributed by atoms with Crippen molar-refractivity contribution in [1.82, 2.24) is 15.0 Å². The Morgan fingerprint density at radius 1 is 1.15 bits per heavy atom. The number of nitrogens with zero attached hydrogens (tertiary/aromatic N) is 3. The van der Waals surface area contributed by atoms with Crippen LogP contribution in [0.3, 0.4) is 0 Å². The van der Waals surface area contributed by atoms with Crippen molar-refractivity contribution < 1.29 is 0 Å². The first-order valence-electron chi connectivity index (χ1n) is 5.56. The fourth-order valence-electron chi connectivity index (χ4n) is 1.60. The monoisotopic (exact) mass is 383 g/mol. The molecule has 3 aromatic rings. The van der Waals surface area contributed by atoms with Crippen molar-refractivity contribution in [2.45, 2.75) is 9.92 Å². The topological polar surface area (TPSA) is 38.7 Å². The van der Waals surface area contributed by atoms with Gasteiger partial charge in [0.1, 0.15) is 9.63 Å². The third kappa shape index (κ3) is 3.03. The Kier molecular flexibility index (Phi) is 4.35. The summed E-state index contributed by atoms with van der Waals surface area (Å²) in [6, 6.07) is 5.90. The van der Waals surface area contributed by atoms with Crippen LogP contribution in [0.4, 0.5) is 0 Å². The SMILES string of the molecule is Clc1c(Sc2cnc(Br)cn2)cccc1-c1cscn1. The molecule has 0 fully saturated rings. The molecule has 3 nitrogen and oxygen atoms in total. The molecule has 3 rings (SSSR count). The number of hydrogen-bond acceptors (Lipinski definition) is 5. The summed E-state index contributed by atoms with van der Waals surface area (Å²) >= 11 is 12.8. The molecule has 0 radical (unpaired) electrons. The van der Waals surface area contributed by atoms with E-state index in [0.717, 1.165) is 21.2 Å². The predicted molar refractivity (Wildman–Crippen MR) is 86.4 cm³/mol. The van der Waals surface area contributed by atoms with Crippen molar-refractivity contribution in [3.63, 3.8) is 0 Å². The Labute approximate surface area is 137 Å². The number of rotatable bonds is 3. The molecule has 0 aliphatic rings. The second kappa shape index (κ2) is 6.22. The minimum absolute atomic E-state index is 0.688. The van der Waals surface area contributed by atoms with Gasteiger partial charge in [0.15, 0.2) is 0 Å². The standard InChI is InChI=1S/C13H7BrClN3S2/c14-11-4-17-12(5-16-11)20-10-3-1-2-8(13(10)15)9-6-19-7-18-9/h1-7H. The molecule has 100 valence electrons. The van der Waals surface area contributed by atoms with Gasteiger partial charge in [-0.25, -0.2) is 15.0 Å². The molecule has 0 spiro atoms. The molecule has 0 saturated heterocycles. The first kappa shape index (κ1) is 14.0. The summed E-state index contributed by atoms with van der Waals surface area (Å²) in [6.07, 6.45) is 3.38. The first-order chi connectivity index (χ1) is 9.74. The van der Waals surface area contributed by atoms with Crippen molar-refractivity contribution in [2.75, 3.05) is 0 Å². The van der Waals surface area contributed by atoms with E-state index in [1.54, 1.807) is 29.2 Å². The highest BCUT2D eigenvalue weighted by atomic mass is 79.9. The third-order valence-corrected chi connectivity index (χ3v) is 4.98. The first-order valence-corrected chi connectivity index (χ1v) is 8.49. The second-order valence-corrected chi connectivity index (χ2v) is 6.74. The Hall–Kier alpha value is -0.950. The smallest absolute Gasteiger partial charge is 0.124 e. The van der Waals surface area contributed by atoms with Gasteiger partial charge in [-0.05, 0) is 22.0 Å². The highest BCUT2D eigenvalue weighted by Gasteiger charge is 2.11. The molecule has 0 unspecified atom stereocenters. The summed E-state index contributed by atoms with van der Waals surface area (Å²) < 4.78 is 0.712. The zero-order valence-corrected chi connectivity index (χ0v) is 13.9. The molecular formula is C13H7BrClN3S2. The van der Waals surface area contributed by atoms with Gasteiger partial charge < -0.3 is 0 Å². The van der Waals surface area contributed by atoms with Gasteiger partial charge in [-0.2, -0.15) is 0 Å². The molecular weight excluding hydrogens is 378 g/mol. The highest BCUT2D eigenvalue weighted by Crippen LogP contribution is 2.38. The van der Waals surface area contributed by atoms with E-state index in [0.29, 0.717) is 9.63 Å². The molecule has 0 aliphatic heterocycles. The zero-order chi connectivity index (χ0) is 13.9. The van der Waals surface area contributed by atoms with E-state index in [1.807, 2.05) is 23.6 Å². The minimum Gasteiger partial charge on any atom is -0.245 e. The average molecular weight is 385 g/mol. The Bertz CT molecular complexity index is 717. The van der Waals surface area contributed by atoms with Crippen LogP contribution in [0.15, 0.2) is 56.0 Å². The molecule has 0 bridgehead atoms. The van der Waals surface area contributed by atoms with Crippen LogP contribution in [0.5, 0.6) is 0 Å². The van der Waals surface area contributed by atoms with E-state index >= 15 is 0 Å². The fourth-order valence-corrected chi connectivity index (χ4v) is 3.48. The lowest BCUT2D eigenvalue weighted by atomic mass is 10.2. The number of thiazole rings is 1. The number of hydrogen-bond donors (Lipinski definition) is 0. The largest absolute Gasteiger partial charge is 0.245 e. The normalized spacial score (nSPS) is 10.7. The molecule has 0 saturated carbocycles. The van der Waals surface area contributed by atoms with Gasteiger partial charge in [0.2, 0.25) is 0 Å². The summed E-state index contributed by atoms with van der Waals surface area (Å²) in [5.41, 5.74) is 3.62.